The van der Waals surface area contributed by atoms with E-state index in [4.69, 9.17) is 21.1 Å². The number of hydrogen-bond acceptors (Lipinski definition) is 5. The normalized spacial score (nSPS) is 10.9. The number of aromatic amines is 1. The molecule has 0 fully saturated rings. The largest absolute Gasteiger partial charge is 0.493 e. The van der Waals surface area contributed by atoms with E-state index in [0.29, 0.717) is 53.9 Å². The zero-order chi connectivity index (χ0) is 26.4. The van der Waals surface area contributed by atoms with Crippen molar-refractivity contribution in [1.29, 1.82) is 5.26 Å². The van der Waals surface area contributed by atoms with Crippen LogP contribution in [0.1, 0.15) is 64.4 Å². The zero-order valence-corrected chi connectivity index (χ0v) is 22.5. The summed E-state index contributed by atoms with van der Waals surface area (Å²) < 4.78 is 10.7. The molecular formula is C28H33ClN4O3. The van der Waals surface area contributed by atoms with Gasteiger partial charge < -0.3 is 19.4 Å². The van der Waals surface area contributed by atoms with Crippen LogP contribution in [0.5, 0.6) is 11.5 Å². The number of halogens is 1. The summed E-state index contributed by atoms with van der Waals surface area (Å²) in [5, 5.41) is 9.86. The number of hydrogen-bond donors (Lipinski definition) is 1. The Morgan fingerprint density at radius 1 is 1.19 bits per heavy atom. The first-order valence-electron chi connectivity index (χ1n) is 11.9. The first kappa shape index (κ1) is 27.1. The Bertz CT molecular complexity index is 1280. The molecule has 3 rings (SSSR count). The Balaban J connectivity index is 1.86. The van der Waals surface area contributed by atoms with Gasteiger partial charge in [0.05, 0.1) is 43.0 Å². The third kappa shape index (κ3) is 6.00. The molecule has 190 valence electrons. The van der Waals surface area contributed by atoms with E-state index in [1.54, 1.807) is 23.2 Å². The van der Waals surface area contributed by atoms with Gasteiger partial charge in [0, 0.05) is 24.9 Å². The van der Waals surface area contributed by atoms with Crippen LogP contribution in [0.2, 0.25) is 5.02 Å². The number of carbonyl (C=O) groups is 1. The molecule has 0 saturated heterocycles. The van der Waals surface area contributed by atoms with Crippen molar-refractivity contribution in [2.24, 2.45) is 5.92 Å². The summed E-state index contributed by atoms with van der Waals surface area (Å²) in [6.07, 6.45) is 3.15. The van der Waals surface area contributed by atoms with Gasteiger partial charge in [0.15, 0.2) is 11.5 Å². The van der Waals surface area contributed by atoms with E-state index in [-0.39, 0.29) is 10.9 Å². The number of H-pyrrole nitrogens is 1. The Morgan fingerprint density at radius 2 is 1.94 bits per heavy atom. The third-order valence-electron chi connectivity index (χ3n) is 6.32. The number of ether oxygens (including phenoxy) is 2. The molecule has 1 amide bonds. The quantitative estimate of drug-likeness (QED) is 0.371. The number of amides is 1. The summed E-state index contributed by atoms with van der Waals surface area (Å²) in [5.41, 5.74) is 4.95. The molecule has 36 heavy (non-hydrogen) atoms. The molecule has 1 heterocycles. The second-order valence-electron chi connectivity index (χ2n) is 9.26. The van der Waals surface area contributed by atoms with E-state index >= 15 is 0 Å². The Labute approximate surface area is 218 Å². The molecule has 7 nitrogen and oxygen atoms in total. The second kappa shape index (κ2) is 12.0. The SMILES string of the molecule is COc1ccc(C(=O)N(CCC(C)C)Cc2ncc(Cc3ccc(C)c(C)c3C#N)[nH]2)c(Cl)c1OC. The lowest BCUT2D eigenvalue weighted by Gasteiger charge is -2.24. The van der Waals surface area contributed by atoms with Crippen molar-refractivity contribution >= 4 is 17.5 Å². The van der Waals surface area contributed by atoms with E-state index in [1.807, 2.05) is 26.0 Å². The van der Waals surface area contributed by atoms with E-state index in [9.17, 15) is 10.1 Å². The molecular weight excluding hydrogens is 476 g/mol. The van der Waals surface area contributed by atoms with Gasteiger partial charge >= 0.3 is 0 Å². The van der Waals surface area contributed by atoms with Crippen LogP contribution in [0.4, 0.5) is 0 Å². The van der Waals surface area contributed by atoms with Crippen molar-refractivity contribution in [1.82, 2.24) is 14.9 Å². The molecule has 0 aliphatic heterocycles. The van der Waals surface area contributed by atoms with Crippen LogP contribution in [-0.2, 0) is 13.0 Å². The van der Waals surface area contributed by atoms with Crippen molar-refractivity contribution < 1.29 is 14.3 Å². The summed E-state index contributed by atoms with van der Waals surface area (Å²) in [4.78, 5) is 23.2. The maximum Gasteiger partial charge on any atom is 0.255 e. The van der Waals surface area contributed by atoms with Crippen molar-refractivity contribution in [2.45, 2.75) is 47.1 Å². The molecule has 0 radical (unpaired) electrons. The molecule has 3 aromatic rings. The maximum absolute atomic E-state index is 13.6. The average Bonchev–Trinajstić information content (AvgIpc) is 3.30. The lowest BCUT2D eigenvalue weighted by molar-refractivity contribution is 0.0731. The van der Waals surface area contributed by atoms with Gasteiger partial charge in [-0.2, -0.15) is 5.26 Å². The number of nitrogens with zero attached hydrogens (tertiary/aromatic N) is 3. The van der Waals surface area contributed by atoms with Crippen LogP contribution >= 0.6 is 11.6 Å². The summed E-state index contributed by atoms with van der Waals surface area (Å²) in [5.74, 6) is 1.67. The summed E-state index contributed by atoms with van der Waals surface area (Å²) >= 11 is 6.54. The maximum atomic E-state index is 13.6. The topological polar surface area (TPSA) is 91.2 Å². The Morgan fingerprint density at radius 3 is 2.58 bits per heavy atom. The van der Waals surface area contributed by atoms with E-state index in [0.717, 1.165) is 28.8 Å². The highest BCUT2D eigenvalue weighted by atomic mass is 35.5. The highest BCUT2D eigenvalue weighted by molar-refractivity contribution is 6.35. The van der Waals surface area contributed by atoms with Gasteiger partial charge in [-0.3, -0.25) is 4.79 Å². The lowest BCUT2D eigenvalue weighted by Crippen LogP contribution is -2.33. The monoisotopic (exact) mass is 508 g/mol. The summed E-state index contributed by atoms with van der Waals surface area (Å²) in [6.45, 7) is 9.05. The van der Waals surface area contributed by atoms with Crippen molar-refractivity contribution in [2.75, 3.05) is 20.8 Å². The van der Waals surface area contributed by atoms with Crippen LogP contribution < -0.4 is 9.47 Å². The molecule has 8 heteroatoms. The van der Waals surface area contributed by atoms with Gasteiger partial charge in [-0.25, -0.2) is 4.98 Å². The van der Waals surface area contributed by atoms with Gasteiger partial charge in [0.2, 0.25) is 0 Å². The van der Waals surface area contributed by atoms with Crippen LogP contribution in [-0.4, -0.2) is 41.5 Å². The van der Waals surface area contributed by atoms with E-state index in [1.165, 1.54) is 14.2 Å². The summed E-state index contributed by atoms with van der Waals surface area (Å²) in [6, 6.07) is 9.68. The van der Waals surface area contributed by atoms with Gasteiger partial charge in [-0.15, -0.1) is 0 Å². The van der Waals surface area contributed by atoms with Gasteiger partial charge in [0.25, 0.3) is 5.91 Å². The van der Waals surface area contributed by atoms with E-state index in [2.05, 4.69) is 29.9 Å². The number of rotatable bonds is 10. The lowest BCUT2D eigenvalue weighted by atomic mass is 9.96. The van der Waals surface area contributed by atoms with Crippen molar-refractivity contribution in [3.05, 3.63) is 74.8 Å². The first-order valence-corrected chi connectivity index (χ1v) is 12.3. The highest BCUT2D eigenvalue weighted by Crippen LogP contribution is 2.38. The fraction of sp³-hybridized carbons (Fsp3) is 0.393. The van der Waals surface area contributed by atoms with Crippen molar-refractivity contribution in [3.63, 3.8) is 0 Å². The summed E-state index contributed by atoms with van der Waals surface area (Å²) in [7, 11) is 3.02. The number of aromatic nitrogens is 2. The minimum Gasteiger partial charge on any atom is -0.493 e. The molecule has 0 spiro atoms. The molecule has 0 atom stereocenters. The number of methoxy groups -OCH3 is 2. The molecule has 0 bridgehead atoms. The standard InChI is InChI=1S/C28H33ClN4O3/c1-17(2)11-12-33(28(34)22-9-10-24(35-5)27(36-6)26(22)29)16-25-31-15-21(32-25)13-20-8-7-18(3)19(4)23(20)14-30/h7-10,15,17H,11-13,16H2,1-6H3,(H,31,32). The number of nitrogens with one attached hydrogen (secondary N) is 1. The molecule has 0 aliphatic carbocycles. The first-order chi connectivity index (χ1) is 17.2. The van der Waals surface area contributed by atoms with E-state index < -0.39 is 0 Å². The third-order valence-corrected chi connectivity index (χ3v) is 6.69. The Kier molecular flexibility index (Phi) is 9.00. The fourth-order valence-electron chi connectivity index (χ4n) is 4.03. The Hall–Kier alpha value is -3.50. The smallest absolute Gasteiger partial charge is 0.255 e. The predicted molar refractivity (Wildman–Crippen MR) is 141 cm³/mol. The van der Waals surface area contributed by atoms with Gasteiger partial charge in [0.1, 0.15) is 5.82 Å². The number of carbonyl (C=O) groups excluding carboxylic acids is 1. The average molecular weight is 509 g/mol. The van der Waals surface area contributed by atoms with Gasteiger partial charge in [-0.05, 0) is 55.0 Å². The minimum absolute atomic E-state index is 0.208. The predicted octanol–water partition coefficient (Wildman–Crippen LogP) is 5.85. The van der Waals surface area contributed by atoms with Crippen LogP contribution in [0, 0.1) is 31.1 Å². The fourth-order valence-corrected chi connectivity index (χ4v) is 4.34. The molecule has 0 unspecified atom stereocenters. The number of aryl methyl sites for hydroxylation is 1. The van der Waals surface area contributed by atoms with Crippen LogP contribution in [0.25, 0.3) is 0 Å². The van der Waals surface area contributed by atoms with Crippen LogP contribution in [0.3, 0.4) is 0 Å². The number of nitriles is 1. The molecule has 2 aromatic carbocycles. The second-order valence-corrected chi connectivity index (χ2v) is 9.64. The van der Waals surface area contributed by atoms with Crippen molar-refractivity contribution in [3.8, 4) is 17.6 Å². The highest BCUT2D eigenvalue weighted by Gasteiger charge is 2.24. The molecule has 1 N–H and O–H groups in total. The van der Waals surface area contributed by atoms with Crippen LogP contribution in [0.15, 0.2) is 30.5 Å². The number of imidazole rings is 1. The zero-order valence-electron chi connectivity index (χ0n) is 21.7. The molecule has 0 aliphatic rings. The minimum atomic E-state index is -0.208. The number of benzene rings is 2. The molecule has 1 aromatic heterocycles. The van der Waals surface area contributed by atoms with Gasteiger partial charge in [-0.1, -0.05) is 37.6 Å². The molecule has 0 saturated carbocycles.